The molecule has 0 atom stereocenters. The van der Waals surface area contributed by atoms with Crippen LogP contribution in [0.5, 0.6) is 0 Å². The molecule has 77 heavy (non-hydrogen) atoms. The van der Waals surface area contributed by atoms with Crippen molar-refractivity contribution >= 4 is 87.0 Å². The van der Waals surface area contributed by atoms with Gasteiger partial charge in [0.25, 0.3) is 0 Å². The number of fused-ring (bicyclic) bond motifs is 12. The van der Waals surface area contributed by atoms with Gasteiger partial charge in [0.2, 0.25) is 0 Å². The fourth-order valence-electron chi connectivity index (χ4n) is 12.7. The van der Waals surface area contributed by atoms with Crippen LogP contribution in [0.2, 0.25) is 0 Å². The molecule has 0 fully saturated rings. The highest BCUT2D eigenvalue weighted by atomic mass is 15.0. The first kappa shape index (κ1) is 43.2. The van der Waals surface area contributed by atoms with E-state index in [2.05, 4.69) is 299 Å². The summed E-state index contributed by atoms with van der Waals surface area (Å²) in [5, 5.41) is 12.3. The topological polar surface area (TPSA) is 14.8 Å². The Labute approximate surface area is 445 Å². The smallest absolute Gasteiger partial charge is 0.0619 e. The molecule has 16 aromatic rings. The van der Waals surface area contributed by atoms with Crippen LogP contribution in [0.1, 0.15) is 0 Å². The van der Waals surface area contributed by atoms with Gasteiger partial charge in [-0.1, -0.05) is 194 Å². The van der Waals surface area contributed by atoms with Gasteiger partial charge in [-0.25, -0.2) is 0 Å². The summed E-state index contributed by atoms with van der Waals surface area (Å²) in [6.45, 7) is 0. The van der Waals surface area contributed by atoms with Crippen molar-refractivity contribution in [3.05, 3.63) is 285 Å². The quantitative estimate of drug-likeness (QED) is 0.151. The third-order valence-electron chi connectivity index (χ3n) is 16.1. The van der Waals surface area contributed by atoms with Crippen LogP contribution < -0.4 is 0 Å². The van der Waals surface area contributed by atoms with Gasteiger partial charge in [-0.15, -0.1) is 0 Å². The van der Waals surface area contributed by atoms with E-state index >= 15 is 0 Å². The van der Waals surface area contributed by atoms with Crippen LogP contribution in [0.15, 0.2) is 285 Å². The average Bonchev–Trinajstić information content (AvgIpc) is 4.36. The summed E-state index contributed by atoms with van der Waals surface area (Å²) in [6.07, 6.45) is 0. The molecule has 0 aliphatic rings. The van der Waals surface area contributed by atoms with Gasteiger partial charge < -0.3 is 13.7 Å². The Balaban J connectivity index is 0.938. The van der Waals surface area contributed by atoms with Crippen LogP contribution in [-0.4, -0.2) is 13.7 Å². The maximum Gasteiger partial charge on any atom is 0.0619 e. The molecule has 13 aromatic carbocycles. The summed E-state index contributed by atoms with van der Waals surface area (Å²) < 4.78 is 7.38. The van der Waals surface area contributed by atoms with Crippen molar-refractivity contribution in [3.63, 3.8) is 0 Å². The summed E-state index contributed by atoms with van der Waals surface area (Å²) in [7, 11) is 0. The minimum atomic E-state index is 1.12. The minimum absolute atomic E-state index is 1.12. The van der Waals surface area contributed by atoms with Crippen molar-refractivity contribution in [3.8, 4) is 61.6 Å². The standard InChI is InChI=1S/C74H47N3/c1-3-18-48(19-4-1)53-41-56(61-30-17-22-49-20-7-9-25-60(49)61)45-58(42-53)76-70-32-15-13-29-65(70)68-47-52(36-39-73(68)76)55-40-54(51-35-38-72-67(46-51)64-28-12-14-31-69(64)75(72)57-23-5-2-6-24-57)43-59(44-55)77-71-33-16-11-27-63(71)66-37-34-50-21-8-10-26-62(50)74(66)77/h1-47H. The maximum atomic E-state index is 2.51. The molecule has 0 saturated heterocycles. The zero-order valence-electron chi connectivity index (χ0n) is 42.0. The number of para-hydroxylation sites is 4. The molecule has 358 valence electrons. The maximum absolute atomic E-state index is 2.51. The molecule has 0 radical (unpaired) electrons. The van der Waals surface area contributed by atoms with Gasteiger partial charge in [-0.3, -0.25) is 0 Å². The van der Waals surface area contributed by atoms with Crippen LogP contribution in [0.25, 0.3) is 149 Å². The molecule has 3 aromatic heterocycles. The Morgan fingerprint density at radius 2 is 0.610 bits per heavy atom. The second-order valence-electron chi connectivity index (χ2n) is 20.5. The van der Waals surface area contributed by atoms with E-state index in [1.165, 1.54) is 109 Å². The summed E-state index contributed by atoms with van der Waals surface area (Å²) in [5.74, 6) is 0. The van der Waals surface area contributed by atoms with Crippen molar-refractivity contribution in [2.45, 2.75) is 0 Å². The third kappa shape index (κ3) is 6.84. The van der Waals surface area contributed by atoms with E-state index in [4.69, 9.17) is 0 Å². The number of hydrogen-bond acceptors (Lipinski definition) is 0. The lowest BCUT2D eigenvalue weighted by Crippen LogP contribution is -1.97. The average molecular weight is 978 g/mol. The van der Waals surface area contributed by atoms with E-state index in [-0.39, 0.29) is 0 Å². The predicted molar refractivity (Wildman–Crippen MR) is 326 cm³/mol. The van der Waals surface area contributed by atoms with Gasteiger partial charge in [-0.05, 0) is 152 Å². The fourth-order valence-corrected chi connectivity index (χ4v) is 12.7. The van der Waals surface area contributed by atoms with E-state index in [0.717, 1.165) is 39.3 Å². The Bertz CT molecular complexity index is 5030. The van der Waals surface area contributed by atoms with Gasteiger partial charge in [0.05, 0.1) is 33.1 Å². The SMILES string of the molecule is c1ccc(-c2cc(-c3cccc4ccccc34)cc(-n3c4ccccc4c4cc(-c5cc(-c6ccc7c(c6)c6ccccc6n7-c6ccccc6)cc(-n6c7ccccc7c7ccc8ccccc8c76)c5)ccc43)c2)cc1. The third-order valence-corrected chi connectivity index (χ3v) is 16.1. The normalized spacial score (nSPS) is 11.9. The molecule has 3 nitrogen and oxygen atoms in total. The Kier molecular flexibility index (Phi) is 9.64. The van der Waals surface area contributed by atoms with Crippen molar-refractivity contribution < 1.29 is 0 Å². The Morgan fingerprint density at radius 1 is 0.182 bits per heavy atom. The number of hydrogen-bond donors (Lipinski definition) is 0. The molecule has 0 aliphatic carbocycles. The van der Waals surface area contributed by atoms with Crippen LogP contribution in [0, 0.1) is 0 Å². The van der Waals surface area contributed by atoms with Gasteiger partial charge in [0.1, 0.15) is 0 Å². The lowest BCUT2D eigenvalue weighted by molar-refractivity contribution is 1.18. The van der Waals surface area contributed by atoms with Crippen molar-refractivity contribution in [1.29, 1.82) is 0 Å². The molecule has 3 heteroatoms. The molecule has 0 saturated carbocycles. The molecule has 3 heterocycles. The monoisotopic (exact) mass is 977 g/mol. The van der Waals surface area contributed by atoms with Crippen molar-refractivity contribution in [2.24, 2.45) is 0 Å². The molecule has 0 aliphatic heterocycles. The largest absolute Gasteiger partial charge is 0.309 e. The molecular weight excluding hydrogens is 931 g/mol. The molecule has 0 amide bonds. The molecular formula is C74H47N3. The zero-order chi connectivity index (χ0) is 50.6. The Morgan fingerprint density at radius 3 is 1.25 bits per heavy atom. The molecule has 0 spiro atoms. The first-order chi connectivity index (χ1) is 38.2. The first-order valence-electron chi connectivity index (χ1n) is 26.6. The predicted octanol–water partition coefficient (Wildman–Crippen LogP) is 20.0. The lowest BCUT2D eigenvalue weighted by Gasteiger charge is -2.16. The molecule has 0 bridgehead atoms. The van der Waals surface area contributed by atoms with Crippen molar-refractivity contribution in [2.75, 3.05) is 0 Å². The molecule has 0 unspecified atom stereocenters. The number of benzene rings is 13. The zero-order valence-corrected chi connectivity index (χ0v) is 42.0. The summed E-state index contributed by atoms with van der Waals surface area (Å²) >= 11 is 0. The van der Waals surface area contributed by atoms with Crippen LogP contribution in [0.3, 0.4) is 0 Å². The van der Waals surface area contributed by atoms with Gasteiger partial charge in [-0.2, -0.15) is 0 Å². The van der Waals surface area contributed by atoms with E-state index in [9.17, 15) is 0 Å². The van der Waals surface area contributed by atoms with Crippen LogP contribution in [0.4, 0.5) is 0 Å². The first-order valence-corrected chi connectivity index (χ1v) is 26.6. The second-order valence-corrected chi connectivity index (χ2v) is 20.5. The van der Waals surface area contributed by atoms with Crippen LogP contribution >= 0.6 is 0 Å². The minimum Gasteiger partial charge on any atom is -0.309 e. The highest BCUT2D eigenvalue weighted by Crippen LogP contribution is 2.43. The van der Waals surface area contributed by atoms with E-state index in [1.54, 1.807) is 0 Å². The highest BCUT2D eigenvalue weighted by molar-refractivity contribution is 6.19. The Hall–Kier alpha value is -10.2. The number of rotatable bonds is 7. The van der Waals surface area contributed by atoms with Crippen molar-refractivity contribution in [1.82, 2.24) is 13.7 Å². The number of nitrogens with zero attached hydrogens (tertiary/aromatic N) is 3. The summed E-state index contributed by atoms with van der Waals surface area (Å²) in [5.41, 5.74) is 19.9. The van der Waals surface area contributed by atoms with Gasteiger partial charge in [0, 0.05) is 54.8 Å². The van der Waals surface area contributed by atoms with E-state index in [1.807, 2.05) is 0 Å². The molecule has 16 rings (SSSR count). The molecule has 0 N–H and O–H groups in total. The summed E-state index contributed by atoms with van der Waals surface area (Å²) in [6, 6.07) is 105. The van der Waals surface area contributed by atoms with E-state index in [0.29, 0.717) is 0 Å². The van der Waals surface area contributed by atoms with E-state index < -0.39 is 0 Å². The van der Waals surface area contributed by atoms with Gasteiger partial charge >= 0.3 is 0 Å². The lowest BCUT2D eigenvalue weighted by atomic mass is 9.94. The van der Waals surface area contributed by atoms with Gasteiger partial charge in [0.15, 0.2) is 0 Å². The van der Waals surface area contributed by atoms with Crippen LogP contribution in [-0.2, 0) is 0 Å². The number of aromatic nitrogens is 3. The highest BCUT2D eigenvalue weighted by Gasteiger charge is 2.21. The summed E-state index contributed by atoms with van der Waals surface area (Å²) in [4.78, 5) is 0. The fraction of sp³-hybridized carbons (Fsp3) is 0. The second kappa shape index (κ2) is 17.2.